The summed E-state index contributed by atoms with van der Waals surface area (Å²) in [4.78, 5) is 11.8. The maximum absolute atomic E-state index is 11.8. The molecule has 25 heavy (non-hydrogen) atoms. The van der Waals surface area contributed by atoms with Gasteiger partial charge in [-0.15, -0.1) is 0 Å². The monoisotopic (exact) mass is 342 g/mol. The molecule has 0 aliphatic rings. The van der Waals surface area contributed by atoms with E-state index in [0.29, 0.717) is 13.1 Å². The van der Waals surface area contributed by atoms with E-state index in [4.69, 9.17) is 9.47 Å². The van der Waals surface area contributed by atoms with Crippen LogP contribution in [0.2, 0.25) is 0 Å². The summed E-state index contributed by atoms with van der Waals surface area (Å²) in [6.07, 6.45) is 2.56. The molecule has 0 radical (unpaired) electrons. The van der Waals surface area contributed by atoms with Gasteiger partial charge in [0.05, 0.1) is 14.2 Å². The van der Waals surface area contributed by atoms with Gasteiger partial charge in [-0.3, -0.25) is 0 Å². The molecular weight excluding hydrogens is 316 g/mol. The summed E-state index contributed by atoms with van der Waals surface area (Å²) in [6.45, 7) is 1.22. The van der Waals surface area contributed by atoms with Crippen molar-refractivity contribution < 1.29 is 14.3 Å². The molecule has 0 aliphatic heterocycles. The quantitative estimate of drug-likeness (QED) is 0.688. The fraction of sp³-hybridized carbons (Fsp3) is 0.350. The summed E-state index contributed by atoms with van der Waals surface area (Å²) in [5.74, 6) is 1.71. The summed E-state index contributed by atoms with van der Waals surface area (Å²) < 4.78 is 10.4. The molecule has 5 heteroatoms. The average molecular weight is 342 g/mol. The first-order valence-electron chi connectivity index (χ1n) is 8.49. The summed E-state index contributed by atoms with van der Waals surface area (Å²) in [7, 11) is 3.31. The van der Waals surface area contributed by atoms with Crippen LogP contribution in [0.15, 0.2) is 48.5 Å². The van der Waals surface area contributed by atoms with Crippen molar-refractivity contribution in [2.75, 3.05) is 27.3 Å². The average Bonchev–Trinajstić information content (AvgIpc) is 2.66. The Hall–Kier alpha value is -2.69. The highest BCUT2D eigenvalue weighted by Crippen LogP contribution is 2.17. The number of benzene rings is 2. The van der Waals surface area contributed by atoms with Crippen molar-refractivity contribution >= 4 is 6.03 Å². The number of urea groups is 1. The number of ether oxygens (including phenoxy) is 2. The third kappa shape index (κ3) is 6.37. The lowest BCUT2D eigenvalue weighted by Gasteiger charge is -2.10. The molecule has 2 amide bonds. The Morgan fingerprint density at radius 1 is 0.880 bits per heavy atom. The van der Waals surface area contributed by atoms with E-state index >= 15 is 0 Å². The molecule has 0 aromatic heterocycles. The SMILES string of the molecule is COc1ccc(CCCNC(=O)NCCc2ccccc2OC)cc1. The van der Waals surface area contributed by atoms with E-state index in [9.17, 15) is 4.79 Å². The van der Waals surface area contributed by atoms with Crippen molar-refractivity contribution in [2.45, 2.75) is 19.3 Å². The highest BCUT2D eigenvalue weighted by atomic mass is 16.5. The van der Waals surface area contributed by atoms with Crippen molar-refractivity contribution in [2.24, 2.45) is 0 Å². The van der Waals surface area contributed by atoms with Gasteiger partial charge in [0.2, 0.25) is 0 Å². The van der Waals surface area contributed by atoms with E-state index in [1.54, 1.807) is 14.2 Å². The van der Waals surface area contributed by atoms with Crippen molar-refractivity contribution in [3.8, 4) is 11.5 Å². The lowest BCUT2D eigenvalue weighted by Crippen LogP contribution is -2.37. The Labute approximate surface area is 149 Å². The van der Waals surface area contributed by atoms with E-state index in [0.717, 1.165) is 36.3 Å². The van der Waals surface area contributed by atoms with E-state index in [1.807, 2.05) is 48.5 Å². The molecule has 0 spiro atoms. The van der Waals surface area contributed by atoms with Crippen molar-refractivity contribution in [3.05, 3.63) is 59.7 Å². The van der Waals surface area contributed by atoms with Gasteiger partial charge < -0.3 is 20.1 Å². The minimum absolute atomic E-state index is 0.135. The van der Waals surface area contributed by atoms with Crippen LogP contribution in [0.5, 0.6) is 11.5 Å². The molecule has 2 aromatic carbocycles. The van der Waals surface area contributed by atoms with Gasteiger partial charge in [0.1, 0.15) is 11.5 Å². The molecule has 134 valence electrons. The van der Waals surface area contributed by atoms with Gasteiger partial charge in [0, 0.05) is 13.1 Å². The molecule has 0 heterocycles. The van der Waals surface area contributed by atoms with Gasteiger partial charge >= 0.3 is 6.03 Å². The fourth-order valence-corrected chi connectivity index (χ4v) is 2.57. The van der Waals surface area contributed by atoms with Gasteiger partial charge in [-0.25, -0.2) is 4.79 Å². The van der Waals surface area contributed by atoms with Crippen LogP contribution < -0.4 is 20.1 Å². The molecule has 5 nitrogen and oxygen atoms in total. The minimum Gasteiger partial charge on any atom is -0.497 e. The zero-order valence-electron chi connectivity index (χ0n) is 14.9. The second-order valence-corrected chi connectivity index (χ2v) is 5.70. The van der Waals surface area contributed by atoms with Crippen LogP contribution in [0.3, 0.4) is 0 Å². The predicted molar refractivity (Wildman–Crippen MR) is 99.4 cm³/mol. The summed E-state index contributed by atoms with van der Waals surface area (Å²) in [5.41, 5.74) is 2.32. The molecule has 0 saturated carbocycles. The standard InChI is InChI=1S/C20H26N2O3/c1-24-18-11-9-16(10-12-18)6-5-14-21-20(23)22-15-13-17-7-3-4-8-19(17)25-2/h3-4,7-12H,5-6,13-15H2,1-2H3,(H2,21,22,23). The van der Waals surface area contributed by atoms with E-state index in [2.05, 4.69) is 10.6 Å². The Balaban J connectivity index is 1.60. The van der Waals surface area contributed by atoms with Crippen LogP contribution in [0, 0.1) is 0 Å². The number of hydrogen-bond acceptors (Lipinski definition) is 3. The van der Waals surface area contributed by atoms with Crippen LogP contribution in [-0.4, -0.2) is 33.3 Å². The Bertz CT molecular complexity index is 656. The number of carbonyl (C=O) groups is 1. The number of amides is 2. The molecule has 0 aliphatic carbocycles. The third-order valence-electron chi connectivity index (χ3n) is 3.96. The number of carbonyl (C=O) groups excluding carboxylic acids is 1. The third-order valence-corrected chi connectivity index (χ3v) is 3.96. The molecule has 0 atom stereocenters. The maximum Gasteiger partial charge on any atom is 0.314 e. The number of hydrogen-bond donors (Lipinski definition) is 2. The zero-order valence-corrected chi connectivity index (χ0v) is 14.9. The molecule has 2 N–H and O–H groups in total. The Morgan fingerprint density at radius 2 is 1.60 bits per heavy atom. The smallest absolute Gasteiger partial charge is 0.314 e. The number of methoxy groups -OCH3 is 2. The van der Waals surface area contributed by atoms with Gasteiger partial charge in [-0.1, -0.05) is 30.3 Å². The highest BCUT2D eigenvalue weighted by molar-refractivity contribution is 5.73. The topological polar surface area (TPSA) is 59.6 Å². The van der Waals surface area contributed by atoms with Gasteiger partial charge in [0.25, 0.3) is 0 Å². The summed E-state index contributed by atoms with van der Waals surface area (Å²) in [5, 5.41) is 5.76. The molecule has 2 rings (SSSR count). The molecule has 2 aromatic rings. The van der Waals surface area contributed by atoms with Crippen molar-refractivity contribution in [3.63, 3.8) is 0 Å². The largest absolute Gasteiger partial charge is 0.497 e. The molecule has 0 saturated heterocycles. The van der Waals surface area contributed by atoms with Gasteiger partial charge in [-0.2, -0.15) is 0 Å². The first-order chi connectivity index (χ1) is 12.2. The lowest BCUT2D eigenvalue weighted by molar-refractivity contribution is 0.241. The highest BCUT2D eigenvalue weighted by Gasteiger charge is 2.03. The van der Waals surface area contributed by atoms with E-state index in [-0.39, 0.29) is 6.03 Å². The number of para-hydroxylation sites is 1. The minimum atomic E-state index is -0.135. The van der Waals surface area contributed by atoms with Crippen LogP contribution in [0.1, 0.15) is 17.5 Å². The van der Waals surface area contributed by atoms with Crippen LogP contribution >= 0.6 is 0 Å². The van der Waals surface area contributed by atoms with Gasteiger partial charge in [0.15, 0.2) is 0 Å². The van der Waals surface area contributed by atoms with Crippen LogP contribution in [0.4, 0.5) is 4.79 Å². The Morgan fingerprint density at radius 3 is 2.32 bits per heavy atom. The lowest BCUT2D eigenvalue weighted by atomic mass is 10.1. The first-order valence-corrected chi connectivity index (χ1v) is 8.49. The second kappa shape index (κ2) is 10.2. The number of nitrogens with one attached hydrogen (secondary N) is 2. The normalized spacial score (nSPS) is 10.2. The Kier molecular flexibility index (Phi) is 7.63. The summed E-state index contributed by atoms with van der Waals surface area (Å²) in [6, 6.07) is 15.7. The molecule has 0 fully saturated rings. The molecule has 0 unspecified atom stereocenters. The van der Waals surface area contributed by atoms with E-state index in [1.165, 1.54) is 5.56 Å². The predicted octanol–water partition coefficient (Wildman–Crippen LogP) is 3.18. The fourth-order valence-electron chi connectivity index (χ4n) is 2.57. The molecular formula is C20H26N2O3. The molecule has 0 bridgehead atoms. The van der Waals surface area contributed by atoms with Crippen LogP contribution in [-0.2, 0) is 12.8 Å². The maximum atomic E-state index is 11.8. The number of aryl methyl sites for hydroxylation is 1. The summed E-state index contributed by atoms with van der Waals surface area (Å²) >= 11 is 0. The van der Waals surface area contributed by atoms with E-state index < -0.39 is 0 Å². The first kappa shape index (κ1) is 18.6. The van der Waals surface area contributed by atoms with Crippen LogP contribution in [0.25, 0.3) is 0 Å². The van der Waals surface area contributed by atoms with Crippen molar-refractivity contribution in [1.29, 1.82) is 0 Å². The van der Waals surface area contributed by atoms with Gasteiger partial charge in [-0.05, 0) is 48.6 Å². The zero-order chi connectivity index (χ0) is 17.9. The van der Waals surface area contributed by atoms with Crippen molar-refractivity contribution in [1.82, 2.24) is 10.6 Å². The second-order valence-electron chi connectivity index (χ2n) is 5.70. The number of rotatable bonds is 9.